The van der Waals surface area contributed by atoms with Crippen molar-refractivity contribution < 1.29 is 14.6 Å². The number of likely N-dealkylation sites (N-methyl/N-ethyl adjacent to an activating group) is 1. The third-order valence-electron chi connectivity index (χ3n) is 6.83. The molecule has 0 saturated heterocycles. The van der Waals surface area contributed by atoms with Gasteiger partial charge in [0.05, 0.1) is 17.1 Å². The fourth-order valence-corrected chi connectivity index (χ4v) is 5.42. The third kappa shape index (κ3) is 4.40. The highest BCUT2D eigenvalue weighted by Crippen LogP contribution is 2.56. The fraction of sp³-hybridized carbons (Fsp3) is 0.407. The second-order valence-electron chi connectivity index (χ2n) is 10.6. The molecule has 180 valence electrons. The molecule has 0 atom stereocenters. The number of hydrogen-bond acceptors (Lipinski definition) is 5. The summed E-state index contributed by atoms with van der Waals surface area (Å²) in [6, 6.07) is 11.1. The SMILES string of the molecule is CN(C)C/C=C/C(=O)N[C@H]1C(C)(C)[C@H](Oc2cc(-c3ccc(O)cc3)cc3[nH]ncc23)C1(C)C. The maximum absolute atomic E-state index is 12.5. The Hall–Kier alpha value is -3.32. The molecule has 7 nitrogen and oxygen atoms in total. The van der Waals surface area contributed by atoms with Gasteiger partial charge >= 0.3 is 0 Å². The number of carbonyl (C=O) groups is 1. The summed E-state index contributed by atoms with van der Waals surface area (Å²) in [4.78, 5) is 14.6. The van der Waals surface area contributed by atoms with Crippen LogP contribution in [-0.4, -0.2) is 58.9 Å². The lowest BCUT2D eigenvalue weighted by atomic mass is 9.49. The molecule has 1 fully saturated rings. The molecule has 1 amide bonds. The summed E-state index contributed by atoms with van der Waals surface area (Å²) in [5, 5.41) is 21.0. The second kappa shape index (κ2) is 8.80. The largest absolute Gasteiger partial charge is 0.508 e. The van der Waals surface area contributed by atoms with Gasteiger partial charge in [0, 0.05) is 29.5 Å². The number of hydrogen-bond donors (Lipinski definition) is 3. The summed E-state index contributed by atoms with van der Waals surface area (Å²) in [6.45, 7) is 9.25. The van der Waals surface area contributed by atoms with E-state index < -0.39 is 0 Å². The summed E-state index contributed by atoms with van der Waals surface area (Å²) < 4.78 is 6.68. The number of fused-ring (bicyclic) bond motifs is 1. The zero-order valence-corrected chi connectivity index (χ0v) is 20.7. The third-order valence-corrected chi connectivity index (χ3v) is 6.83. The van der Waals surface area contributed by atoms with Crippen LogP contribution in [0.2, 0.25) is 0 Å². The van der Waals surface area contributed by atoms with Crippen molar-refractivity contribution in [3.63, 3.8) is 0 Å². The van der Waals surface area contributed by atoms with Gasteiger partial charge in [-0.2, -0.15) is 5.10 Å². The number of ether oxygens (including phenoxy) is 1. The van der Waals surface area contributed by atoms with Crippen LogP contribution in [0.15, 0.2) is 54.7 Å². The van der Waals surface area contributed by atoms with E-state index in [4.69, 9.17) is 4.74 Å². The van der Waals surface area contributed by atoms with Crippen LogP contribution >= 0.6 is 0 Å². The van der Waals surface area contributed by atoms with Gasteiger partial charge in [-0.3, -0.25) is 9.89 Å². The van der Waals surface area contributed by atoms with Gasteiger partial charge in [-0.25, -0.2) is 0 Å². The molecule has 7 heteroatoms. The lowest BCUT2D eigenvalue weighted by Gasteiger charge is -2.63. The number of H-pyrrole nitrogens is 1. The highest BCUT2D eigenvalue weighted by atomic mass is 16.5. The minimum Gasteiger partial charge on any atom is -0.508 e. The van der Waals surface area contributed by atoms with Crippen molar-refractivity contribution in [2.24, 2.45) is 10.8 Å². The smallest absolute Gasteiger partial charge is 0.243 e. The lowest BCUT2D eigenvalue weighted by Crippen LogP contribution is -2.74. The van der Waals surface area contributed by atoms with E-state index in [-0.39, 0.29) is 34.6 Å². The normalized spacial score (nSPS) is 21.0. The number of benzene rings is 2. The highest BCUT2D eigenvalue weighted by Gasteiger charge is 2.64. The second-order valence-corrected chi connectivity index (χ2v) is 10.6. The van der Waals surface area contributed by atoms with E-state index in [1.54, 1.807) is 24.4 Å². The number of phenols is 1. The van der Waals surface area contributed by atoms with Gasteiger partial charge in [-0.1, -0.05) is 45.9 Å². The molecule has 0 radical (unpaired) electrons. The summed E-state index contributed by atoms with van der Waals surface area (Å²) >= 11 is 0. The Morgan fingerprint density at radius 3 is 2.47 bits per heavy atom. The minimum absolute atomic E-state index is 0.0402. The fourth-order valence-electron chi connectivity index (χ4n) is 5.42. The number of carbonyl (C=O) groups excluding carboxylic acids is 1. The number of nitrogens with zero attached hydrogens (tertiary/aromatic N) is 2. The standard InChI is InChI=1S/C27H34N4O3/c1-26(2)24(29-23(33)8-7-13-31(5)6)27(3,4)25(26)34-22-15-18(14-21-20(22)16-28-30-21)17-9-11-19(32)12-10-17/h7-12,14-16,24-25,32H,13H2,1-6H3,(H,28,30)(H,29,33)/b8-7+/t24-,25-. The Labute approximate surface area is 200 Å². The first-order valence-corrected chi connectivity index (χ1v) is 11.5. The van der Waals surface area contributed by atoms with Crippen LogP contribution in [0.5, 0.6) is 11.5 Å². The van der Waals surface area contributed by atoms with Crippen LogP contribution in [0.1, 0.15) is 27.7 Å². The van der Waals surface area contributed by atoms with Crippen LogP contribution in [0, 0.1) is 10.8 Å². The Balaban J connectivity index is 1.58. The monoisotopic (exact) mass is 462 g/mol. The predicted octanol–water partition coefficient (Wildman–Crippen LogP) is 4.35. The first-order chi connectivity index (χ1) is 16.0. The molecule has 0 bridgehead atoms. The van der Waals surface area contributed by atoms with Gasteiger partial charge in [0.2, 0.25) is 5.91 Å². The zero-order valence-electron chi connectivity index (χ0n) is 20.7. The van der Waals surface area contributed by atoms with E-state index in [2.05, 4.69) is 43.2 Å². The summed E-state index contributed by atoms with van der Waals surface area (Å²) in [5.74, 6) is 0.889. The maximum Gasteiger partial charge on any atom is 0.243 e. The molecule has 1 aliphatic carbocycles. The van der Waals surface area contributed by atoms with E-state index in [1.807, 2.05) is 49.3 Å². The summed E-state index contributed by atoms with van der Waals surface area (Å²) in [6.07, 6.45) is 5.13. The van der Waals surface area contributed by atoms with E-state index in [9.17, 15) is 9.90 Å². The average molecular weight is 463 g/mol. The van der Waals surface area contributed by atoms with Crippen LogP contribution < -0.4 is 10.1 Å². The van der Waals surface area contributed by atoms with Gasteiger partial charge in [0.25, 0.3) is 0 Å². The number of aromatic amines is 1. The number of aromatic hydroxyl groups is 1. The molecular weight excluding hydrogens is 428 g/mol. The van der Waals surface area contributed by atoms with Crippen molar-refractivity contribution >= 4 is 16.8 Å². The van der Waals surface area contributed by atoms with Crippen molar-refractivity contribution in [3.05, 3.63) is 54.7 Å². The van der Waals surface area contributed by atoms with Gasteiger partial charge < -0.3 is 20.1 Å². The van der Waals surface area contributed by atoms with Gasteiger partial charge in [0.15, 0.2) is 0 Å². The highest BCUT2D eigenvalue weighted by molar-refractivity contribution is 5.90. The van der Waals surface area contributed by atoms with Crippen LogP contribution in [0.3, 0.4) is 0 Å². The Morgan fingerprint density at radius 2 is 1.82 bits per heavy atom. The van der Waals surface area contributed by atoms with Crippen LogP contribution in [-0.2, 0) is 4.79 Å². The average Bonchev–Trinajstić information content (AvgIpc) is 3.24. The number of phenolic OH excluding ortho intramolecular Hbond substituents is 1. The minimum atomic E-state index is -0.279. The molecule has 1 saturated carbocycles. The number of nitrogens with one attached hydrogen (secondary N) is 2. The number of aromatic nitrogens is 2. The van der Waals surface area contributed by atoms with Crippen molar-refractivity contribution in [1.29, 1.82) is 0 Å². The quantitative estimate of drug-likeness (QED) is 0.454. The lowest BCUT2D eigenvalue weighted by molar-refractivity contribution is -0.171. The van der Waals surface area contributed by atoms with E-state index in [1.165, 1.54) is 0 Å². The Morgan fingerprint density at radius 1 is 1.15 bits per heavy atom. The molecule has 2 aromatic carbocycles. The first kappa shape index (κ1) is 23.8. The van der Waals surface area contributed by atoms with Crippen molar-refractivity contribution in [2.75, 3.05) is 20.6 Å². The Bertz CT molecular complexity index is 1190. The molecule has 4 rings (SSSR count). The van der Waals surface area contributed by atoms with E-state index in [0.29, 0.717) is 6.54 Å². The molecule has 34 heavy (non-hydrogen) atoms. The molecule has 0 unspecified atom stereocenters. The summed E-state index contributed by atoms with van der Waals surface area (Å²) in [7, 11) is 3.94. The van der Waals surface area contributed by atoms with E-state index >= 15 is 0 Å². The Kier molecular flexibility index (Phi) is 6.16. The molecule has 3 N–H and O–H groups in total. The molecule has 1 heterocycles. The molecule has 1 aliphatic rings. The molecule has 3 aromatic rings. The van der Waals surface area contributed by atoms with Crippen molar-refractivity contribution in [2.45, 2.75) is 39.8 Å². The van der Waals surface area contributed by atoms with E-state index in [0.717, 1.165) is 27.8 Å². The van der Waals surface area contributed by atoms with Crippen LogP contribution in [0.4, 0.5) is 0 Å². The molecule has 1 aromatic heterocycles. The first-order valence-electron chi connectivity index (χ1n) is 11.5. The molecule has 0 spiro atoms. The molecular formula is C27H34N4O3. The van der Waals surface area contributed by atoms with Gasteiger partial charge in [-0.05, 0) is 49.5 Å². The summed E-state index contributed by atoms with van der Waals surface area (Å²) in [5.41, 5.74) is 2.27. The maximum atomic E-state index is 12.5. The zero-order chi connectivity index (χ0) is 24.7. The van der Waals surface area contributed by atoms with Crippen molar-refractivity contribution in [1.82, 2.24) is 20.4 Å². The molecule has 0 aliphatic heterocycles. The predicted molar refractivity (Wildman–Crippen MR) is 135 cm³/mol. The van der Waals surface area contributed by atoms with Crippen LogP contribution in [0.25, 0.3) is 22.0 Å². The van der Waals surface area contributed by atoms with Crippen molar-refractivity contribution in [3.8, 4) is 22.6 Å². The number of rotatable bonds is 7. The van der Waals surface area contributed by atoms with Gasteiger partial charge in [-0.15, -0.1) is 0 Å². The number of amides is 1. The topological polar surface area (TPSA) is 90.5 Å². The van der Waals surface area contributed by atoms with Gasteiger partial charge in [0.1, 0.15) is 17.6 Å².